The van der Waals surface area contributed by atoms with Gasteiger partial charge in [-0.15, -0.1) is 0 Å². The van der Waals surface area contributed by atoms with E-state index in [-0.39, 0.29) is 11.8 Å². The van der Waals surface area contributed by atoms with Crippen molar-refractivity contribution in [3.8, 4) is 0 Å². The maximum atomic E-state index is 13.3. The van der Waals surface area contributed by atoms with Gasteiger partial charge < -0.3 is 15.2 Å². The predicted octanol–water partition coefficient (Wildman–Crippen LogP) is 3.49. The Labute approximate surface area is 200 Å². The molecule has 3 amide bonds. The number of hydrogen-bond acceptors (Lipinski definition) is 4. The maximum absolute atomic E-state index is 13.3. The van der Waals surface area contributed by atoms with Crippen molar-refractivity contribution in [2.75, 3.05) is 7.05 Å². The van der Waals surface area contributed by atoms with Crippen molar-refractivity contribution in [3.63, 3.8) is 0 Å². The number of nitrogens with zero attached hydrogens (tertiary/aromatic N) is 1. The van der Waals surface area contributed by atoms with Crippen molar-refractivity contribution < 1.29 is 14.4 Å². The molecule has 34 heavy (non-hydrogen) atoms. The zero-order valence-corrected chi connectivity index (χ0v) is 20.0. The van der Waals surface area contributed by atoms with E-state index in [1.54, 1.807) is 4.90 Å². The van der Waals surface area contributed by atoms with Crippen molar-refractivity contribution in [3.05, 3.63) is 78.1 Å². The number of amides is 3. The summed E-state index contributed by atoms with van der Waals surface area (Å²) in [5.74, 6) is -1.41. The van der Waals surface area contributed by atoms with Gasteiger partial charge in [0.05, 0.1) is 0 Å². The second-order valence-electron chi connectivity index (χ2n) is 8.75. The van der Waals surface area contributed by atoms with E-state index in [9.17, 15) is 14.4 Å². The van der Waals surface area contributed by atoms with Crippen LogP contribution in [0.25, 0.3) is 17.0 Å². The molecule has 1 aromatic heterocycles. The molecule has 0 aliphatic carbocycles. The minimum atomic E-state index is -0.786. The number of likely N-dealkylation sites (N-methyl/N-ethyl adjacent to an activating group) is 1. The highest BCUT2D eigenvalue weighted by Gasteiger charge is 2.29. The normalized spacial score (nSPS) is 13.1. The lowest BCUT2D eigenvalue weighted by Gasteiger charge is -2.27. The Bertz CT molecular complexity index is 1170. The molecule has 3 rings (SSSR count). The van der Waals surface area contributed by atoms with E-state index < -0.39 is 23.9 Å². The fourth-order valence-electron chi connectivity index (χ4n) is 3.83. The topological polar surface area (TPSA) is 94.3 Å². The zero-order chi connectivity index (χ0) is 24.7. The number of carbonyl (C=O) groups excluding carboxylic acids is 3. The van der Waals surface area contributed by atoms with E-state index in [2.05, 4.69) is 15.6 Å². The van der Waals surface area contributed by atoms with Gasteiger partial charge in [0, 0.05) is 49.3 Å². The number of fused-ring (bicyclic) bond motifs is 1. The molecule has 0 aliphatic rings. The second-order valence-corrected chi connectivity index (χ2v) is 8.75. The molecule has 0 unspecified atom stereocenters. The molecule has 0 saturated heterocycles. The highest BCUT2D eigenvalue weighted by atomic mass is 16.2. The van der Waals surface area contributed by atoms with Gasteiger partial charge in [0.15, 0.2) is 0 Å². The smallest absolute Gasteiger partial charge is 0.249 e. The van der Waals surface area contributed by atoms with E-state index in [4.69, 9.17) is 0 Å². The largest absolute Gasteiger partial charge is 0.368 e. The number of rotatable bonds is 9. The van der Waals surface area contributed by atoms with Gasteiger partial charge >= 0.3 is 0 Å². The van der Waals surface area contributed by atoms with Crippen LogP contribution in [0.15, 0.2) is 67.0 Å². The number of para-hydroxylation sites is 1. The molecule has 0 fully saturated rings. The Morgan fingerprint density at radius 1 is 1.00 bits per heavy atom. The average Bonchev–Trinajstić information content (AvgIpc) is 3.22. The van der Waals surface area contributed by atoms with Crippen LogP contribution in [0.4, 0.5) is 0 Å². The number of imide groups is 1. The molecule has 3 aromatic rings. The SMILES string of the molecule is CC(=O)N[C@H](C(=O)NC(=O)[C@H](Cc1ccccc1)N(C)C=Cc1c[nH]c2ccccc12)C(C)C. The van der Waals surface area contributed by atoms with Gasteiger partial charge in [-0.2, -0.15) is 0 Å². The fraction of sp³-hybridized carbons (Fsp3) is 0.296. The van der Waals surface area contributed by atoms with Gasteiger partial charge in [-0.05, 0) is 23.6 Å². The number of nitrogens with one attached hydrogen (secondary N) is 3. The summed E-state index contributed by atoms with van der Waals surface area (Å²) < 4.78 is 0. The summed E-state index contributed by atoms with van der Waals surface area (Å²) in [5.41, 5.74) is 3.01. The van der Waals surface area contributed by atoms with Crippen LogP contribution < -0.4 is 10.6 Å². The van der Waals surface area contributed by atoms with Gasteiger partial charge in [-0.1, -0.05) is 62.4 Å². The monoisotopic (exact) mass is 460 g/mol. The Morgan fingerprint density at radius 3 is 2.35 bits per heavy atom. The molecule has 0 radical (unpaired) electrons. The molecule has 2 aromatic carbocycles. The van der Waals surface area contributed by atoms with Gasteiger partial charge in [-0.3, -0.25) is 19.7 Å². The molecular weight excluding hydrogens is 428 g/mol. The Kier molecular flexibility index (Phi) is 8.24. The number of hydrogen-bond donors (Lipinski definition) is 3. The Balaban J connectivity index is 1.81. The lowest BCUT2D eigenvalue weighted by atomic mass is 10.0. The van der Waals surface area contributed by atoms with E-state index in [1.165, 1.54) is 6.92 Å². The molecule has 0 aliphatic heterocycles. The number of aromatic amines is 1. The van der Waals surface area contributed by atoms with Crippen LogP contribution in [-0.4, -0.2) is 46.7 Å². The fourth-order valence-corrected chi connectivity index (χ4v) is 3.83. The third-order valence-corrected chi connectivity index (χ3v) is 5.73. The van der Waals surface area contributed by atoms with Gasteiger partial charge in [-0.25, -0.2) is 0 Å². The quantitative estimate of drug-likeness (QED) is 0.456. The first-order chi connectivity index (χ1) is 16.3. The molecule has 0 saturated carbocycles. The summed E-state index contributed by atoms with van der Waals surface area (Å²) in [6.45, 7) is 5.00. The van der Waals surface area contributed by atoms with Crippen LogP contribution in [0.3, 0.4) is 0 Å². The van der Waals surface area contributed by atoms with Gasteiger partial charge in [0.1, 0.15) is 12.1 Å². The Hall–Kier alpha value is -3.87. The third-order valence-electron chi connectivity index (χ3n) is 5.73. The van der Waals surface area contributed by atoms with Crippen molar-refractivity contribution in [2.24, 2.45) is 5.92 Å². The first-order valence-electron chi connectivity index (χ1n) is 11.4. The number of H-pyrrole nitrogens is 1. The lowest BCUT2D eigenvalue weighted by molar-refractivity contribution is -0.136. The highest BCUT2D eigenvalue weighted by Crippen LogP contribution is 2.19. The standard InChI is InChI=1S/C27H32N4O3/c1-18(2)25(29-19(3)32)27(34)30-26(33)24(16-20-10-6-5-7-11-20)31(4)15-14-21-17-28-23-13-9-8-12-22(21)23/h5-15,17-18,24-25,28H,16H2,1-4H3,(H,29,32)(H,30,33,34)/t24-,25-/m0/s1. The summed E-state index contributed by atoms with van der Waals surface area (Å²) in [5, 5.41) is 6.23. The van der Waals surface area contributed by atoms with Crippen LogP contribution >= 0.6 is 0 Å². The number of benzene rings is 2. The van der Waals surface area contributed by atoms with Crippen LogP contribution in [0, 0.1) is 5.92 Å². The highest BCUT2D eigenvalue weighted by molar-refractivity contribution is 6.01. The summed E-state index contributed by atoms with van der Waals surface area (Å²) in [6, 6.07) is 16.2. The molecular formula is C27H32N4O3. The van der Waals surface area contributed by atoms with E-state index >= 15 is 0 Å². The molecule has 0 bridgehead atoms. The van der Waals surface area contributed by atoms with Crippen molar-refractivity contribution in [1.82, 2.24) is 20.5 Å². The first kappa shape index (κ1) is 24.8. The second kappa shape index (κ2) is 11.3. The number of aromatic nitrogens is 1. The Morgan fingerprint density at radius 2 is 1.68 bits per heavy atom. The molecule has 178 valence electrons. The number of carbonyl (C=O) groups is 3. The summed E-state index contributed by atoms with van der Waals surface area (Å²) in [4.78, 5) is 42.6. The van der Waals surface area contributed by atoms with Crippen molar-refractivity contribution in [1.29, 1.82) is 0 Å². The zero-order valence-electron chi connectivity index (χ0n) is 20.0. The molecule has 0 spiro atoms. The summed E-state index contributed by atoms with van der Waals surface area (Å²) in [6.07, 6.45) is 6.13. The molecule has 1 heterocycles. The van der Waals surface area contributed by atoms with Crippen LogP contribution in [0.5, 0.6) is 0 Å². The maximum Gasteiger partial charge on any atom is 0.249 e. The third kappa shape index (κ3) is 6.34. The van der Waals surface area contributed by atoms with Crippen molar-refractivity contribution in [2.45, 2.75) is 39.3 Å². The first-order valence-corrected chi connectivity index (χ1v) is 11.4. The van der Waals surface area contributed by atoms with Gasteiger partial charge in [0.2, 0.25) is 17.7 Å². The molecule has 7 nitrogen and oxygen atoms in total. The van der Waals surface area contributed by atoms with E-state index in [0.717, 1.165) is 22.0 Å². The van der Waals surface area contributed by atoms with Gasteiger partial charge in [0.25, 0.3) is 0 Å². The lowest BCUT2D eigenvalue weighted by Crippen LogP contribution is -2.54. The van der Waals surface area contributed by atoms with E-state index in [0.29, 0.717) is 6.42 Å². The van der Waals surface area contributed by atoms with Crippen LogP contribution in [-0.2, 0) is 20.8 Å². The summed E-state index contributed by atoms with van der Waals surface area (Å²) >= 11 is 0. The molecule has 3 N–H and O–H groups in total. The van der Waals surface area contributed by atoms with Crippen molar-refractivity contribution >= 4 is 34.7 Å². The average molecular weight is 461 g/mol. The minimum Gasteiger partial charge on any atom is -0.368 e. The summed E-state index contributed by atoms with van der Waals surface area (Å²) in [7, 11) is 1.82. The van der Waals surface area contributed by atoms with E-state index in [1.807, 2.05) is 94.0 Å². The minimum absolute atomic E-state index is 0.163. The van der Waals surface area contributed by atoms with Crippen LogP contribution in [0.1, 0.15) is 31.9 Å². The molecule has 7 heteroatoms. The van der Waals surface area contributed by atoms with Crippen LogP contribution in [0.2, 0.25) is 0 Å². The predicted molar refractivity (Wildman–Crippen MR) is 135 cm³/mol. The molecule has 2 atom stereocenters.